The van der Waals surface area contributed by atoms with E-state index in [2.05, 4.69) is 22.9 Å². The molecule has 0 aliphatic heterocycles. The van der Waals surface area contributed by atoms with Crippen LogP contribution in [-0.2, 0) is 11.3 Å². The number of amides is 1. The summed E-state index contributed by atoms with van der Waals surface area (Å²) in [6.07, 6.45) is 0. The molecule has 0 heterocycles. The molecule has 0 unspecified atom stereocenters. The van der Waals surface area contributed by atoms with E-state index in [1.807, 2.05) is 13.8 Å². The van der Waals surface area contributed by atoms with Crippen molar-refractivity contribution in [1.82, 2.24) is 4.90 Å². The molecule has 4 heteroatoms. The lowest BCUT2D eigenvalue weighted by atomic mass is 9.98. The zero-order chi connectivity index (χ0) is 14.0. The second-order valence-corrected chi connectivity index (χ2v) is 5.37. The number of carbonyl (C=O) groups excluding carboxylic acids is 1. The Hall–Kier alpha value is -1.03. The van der Waals surface area contributed by atoms with E-state index >= 15 is 0 Å². The van der Waals surface area contributed by atoms with Crippen LogP contribution in [0.1, 0.15) is 29.2 Å². The second kappa shape index (κ2) is 5.74. The van der Waals surface area contributed by atoms with Crippen molar-refractivity contribution in [2.75, 3.05) is 14.2 Å². The summed E-state index contributed by atoms with van der Waals surface area (Å²) in [6, 6.07) is 0. The number of hydrogen-bond donors (Lipinski definition) is 0. The quantitative estimate of drug-likeness (QED) is 0.856. The molecular weight excluding hydrogens is 294 g/mol. The van der Waals surface area contributed by atoms with Crippen LogP contribution in [0.25, 0.3) is 0 Å². The first-order valence-corrected chi connectivity index (χ1v) is 6.64. The largest absolute Gasteiger partial charge is 0.496 e. The van der Waals surface area contributed by atoms with Crippen LogP contribution in [0.3, 0.4) is 0 Å². The highest BCUT2D eigenvalue weighted by Gasteiger charge is 2.18. The average Bonchev–Trinajstić information content (AvgIpc) is 2.33. The van der Waals surface area contributed by atoms with Crippen LogP contribution < -0.4 is 4.74 Å². The monoisotopic (exact) mass is 313 g/mol. The Morgan fingerprint density at radius 2 is 1.78 bits per heavy atom. The van der Waals surface area contributed by atoms with Crippen LogP contribution in [-0.4, -0.2) is 25.0 Å². The van der Waals surface area contributed by atoms with E-state index in [0.717, 1.165) is 26.9 Å². The molecule has 3 nitrogen and oxygen atoms in total. The molecule has 18 heavy (non-hydrogen) atoms. The number of rotatable bonds is 3. The summed E-state index contributed by atoms with van der Waals surface area (Å²) >= 11 is 3.61. The van der Waals surface area contributed by atoms with E-state index in [9.17, 15) is 4.79 Å². The zero-order valence-corrected chi connectivity index (χ0v) is 13.4. The molecular formula is C14H20BrNO2. The third kappa shape index (κ3) is 2.69. The van der Waals surface area contributed by atoms with Gasteiger partial charge in [-0.25, -0.2) is 0 Å². The Bertz CT molecular complexity index is 483. The van der Waals surface area contributed by atoms with E-state index in [1.165, 1.54) is 5.56 Å². The van der Waals surface area contributed by atoms with Crippen LogP contribution in [0.4, 0.5) is 0 Å². The van der Waals surface area contributed by atoms with Crippen LogP contribution in [0, 0.1) is 20.8 Å². The first kappa shape index (κ1) is 15.0. The van der Waals surface area contributed by atoms with Gasteiger partial charge < -0.3 is 9.64 Å². The van der Waals surface area contributed by atoms with Gasteiger partial charge in [-0.05, 0) is 37.5 Å². The summed E-state index contributed by atoms with van der Waals surface area (Å²) in [4.78, 5) is 13.1. The van der Waals surface area contributed by atoms with Gasteiger partial charge in [0.05, 0.1) is 7.11 Å². The third-order valence-corrected chi connectivity index (χ3v) is 4.61. The molecule has 0 saturated heterocycles. The normalized spacial score (nSPS) is 10.4. The summed E-state index contributed by atoms with van der Waals surface area (Å²) in [5, 5.41) is 0. The summed E-state index contributed by atoms with van der Waals surface area (Å²) < 4.78 is 6.61. The minimum atomic E-state index is 0.0470. The SMILES string of the molecule is COc1c(C)c(C)c(Br)c(C)c1CN(C)C(C)=O. The predicted octanol–water partition coefficient (Wildman–Crippen LogP) is 3.36. The maximum absolute atomic E-state index is 11.4. The van der Waals surface area contributed by atoms with Crippen molar-refractivity contribution in [2.45, 2.75) is 34.2 Å². The molecule has 0 aliphatic carbocycles. The maximum Gasteiger partial charge on any atom is 0.219 e. The molecule has 0 N–H and O–H groups in total. The van der Waals surface area contributed by atoms with Crippen molar-refractivity contribution < 1.29 is 9.53 Å². The molecule has 0 atom stereocenters. The molecule has 0 radical (unpaired) electrons. The Labute approximate surface area is 117 Å². The van der Waals surface area contributed by atoms with E-state index < -0.39 is 0 Å². The number of ether oxygens (including phenoxy) is 1. The standard InChI is InChI=1S/C14H20BrNO2/c1-8-9(2)14(18-6)12(10(3)13(8)15)7-16(5)11(4)17/h7H2,1-6H3. The molecule has 1 amide bonds. The van der Waals surface area contributed by atoms with Crippen molar-refractivity contribution in [3.8, 4) is 5.75 Å². The number of methoxy groups -OCH3 is 1. The fraction of sp³-hybridized carbons (Fsp3) is 0.500. The molecule has 0 spiro atoms. The Morgan fingerprint density at radius 3 is 2.22 bits per heavy atom. The highest BCUT2D eigenvalue weighted by atomic mass is 79.9. The Morgan fingerprint density at radius 1 is 1.22 bits per heavy atom. The molecule has 1 rings (SSSR count). The van der Waals surface area contributed by atoms with Gasteiger partial charge in [-0.15, -0.1) is 0 Å². The van der Waals surface area contributed by atoms with E-state index in [1.54, 1.807) is 26.0 Å². The first-order valence-electron chi connectivity index (χ1n) is 5.85. The molecule has 100 valence electrons. The van der Waals surface area contributed by atoms with Crippen LogP contribution in [0.15, 0.2) is 4.47 Å². The van der Waals surface area contributed by atoms with Crippen molar-refractivity contribution in [1.29, 1.82) is 0 Å². The number of nitrogens with zero attached hydrogens (tertiary/aromatic N) is 1. The minimum Gasteiger partial charge on any atom is -0.496 e. The van der Waals surface area contributed by atoms with Crippen LogP contribution in [0.2, 0.25) is 0 Å². The van der Waals surface area contributed by atoms with Gasteiger partial charge in [0.25, 0.3) is 0 Å². The van der Waals surface area contributed by atoms with Gasteiger partial charge in [0, 0.05) is 30.6 Å². The van der Waals surface area contributed by atoms with Gasteiger partial charge in [-0.3, -0.25) is 4.79 Å². The highest BCUT2D eigenvalue weighted by Crippen LogP contribution is 2.36. The molecule has 0 aliphatic rings. The maximum atomic E-state index is 11.4. The van der Waals surface area contributed by atoms with E-state index in [4.69, 9.17) is 4.74 Å². The van der Waals surface area contributed by atoms with Gasteiger partial charge in [-0.2, -0.15) is 0 Å². The average molecular weight is 314 g/mol. The first-order chi connectivity index (χ1) is 8.31. The van der Waals surface area contributed by atoms with Gasteiger partial charge in [0.2, 0.25) is 5.91 Å². The van der Waals surface area contributed by atoms with Gasteiger partial charge >= 0.3 is 0 Å². The van der Waals surface area contributed by atoms with Crippen molar-refractivity contribution >= 4 is 21.8 Å². The van der Waals surface area contributed by atoms with E-state index in [-0.39, 0.29) is 5.91 Å². The number of carbonyl (C=O) groups is 1. The predicted molar refractivity (Wildman–Crippen MR) is 77.1 cm³/mol. The van der Waals surface area contributed by atoms with Gasteiger partial charge in [0.1, 0.15) is 5.75 Å². The number of hydrogen-bond acceptors (Lipinski definition) is 2. The lowest BCUT2D eigenvalue weighted by Crippen LogP contribution is -2.24. The van der Waals surface area contributed by atoms with Gasteiger partial charge in [0.15, 0.2) is 0 Å². The number of benzene rings is 1. The highest BCUT2D eigenvalue weighted by molar-refractivity contribution is 9.10. The van der Waals surface area contributed by atoms with Crippen LogP contribution in [0.5, 0.6) is 5.75 Å². The molecule has 0 fully saturated rings. The summed E-state index contributed by atoms with van der Waals surface area (Å²) in [5.74, 6) is 0.923. The lowest BCUT2D eigenvalue weighted by Gasteiger charge is -2.22. The van der Waals surface area contributed by atoms with Crippen LogP contribution >= 0.6 is 15.9 Å². The van der Waals surface area contributed by atoms with Crippen molar-refractivity contribution in [3.05, 3.63) is 26.7 Å². The topological polar surface area (TPSA) is 29.5 Å². The molecule has 1 aromatic rings. The molecule has 0 bridgehead atoms. The summed E-state index contributed by atoms with van der Waals surface area (Å²) in [5.41, 5.74) is 4.48. The molecule has 0 saturated carbocycles. The van der Waals surface area contributed by atoms with Crippen molar-refractivity contribution in [3.63, 3.8) is 0 Å². The Balaban J connectivity index is 3.38. The Kier molecular flexibility index (Phi) is 4.79. The molecule has 0 aromatic heterocycles. The van der Waals surface area contributed by atoms with Crippen molar-refractivity contribution in [2.24, 2.45) is 0 Å². The number of halogens is 1. The van der Waals surface area contributed by atoms with Gasteiger partial charge in [-0.1, -0.05) is 15.9 Å². The third-order valence-electron chi connectivity index (χ3n) is 3.43. The lowest BCUT2D eigenvalue weighted by molar-refractivity contribution is -0.128. The summed E-state index contributed by atoms with van der Waals surface area (Å²) in [6.45, 7) is 8.27. The van der Waals surface area contributed by atoms with E-state index in [0.29, 0.717) is 6.54 Å². The zero-order valence-electron chi connectivity index (χ0n) is 11.8. The fourth-order valence-corrected chi connectivity index (χ4v) is 2.50. The summed E-state index contributed by atoms with van der Waals surface area (Å²) in [7, 11) is 3.47. The molecule has 1 aromatic carbocycles. The minimum absolute atomic E-state index is 0.0470. The smallest absolute Gasteiger partial charge is 0.219 e. The second-order valence-electron chi connectivity index (χ2n) is 4.58. The fourth-order valence-electron chi connectivity index (χ4n) is 1.96.